The predicted octanol–water partition coefficient (Wildman–Crippen LogP) is -0.171. The summed E-state index contributed by atoms with van der Waals surface area (Å²) in [5.74, 6) is 0.867. The van der Waals surface area contributed by atoms with Crippen molar-refractivity contribution in [3.05, 3.63) is 0 Å². The third kappa shape index (κ3) is 3.09. The molecule has 0 aromatic rings. The summed E-state index contributed by atoms with van der Waals surface area (Å²) in [6, 6.07) is 0. The second-order valence-corrected chi connectivity index (χ2v) is 4.01. The zero-order chi connectivity index (χ0) is 8.97. The minimum atomic E-state index is 0.800. The Balaban J connectivity index is 2.16. The van der Waals surface area contributed by atoms with E-state index in [1.54, 1.807) is 0 Å². The van der Waals surface area contributed by atoms with E-state index in [9.17, 15) is 0 Å². The Morgan fingerprint density at radius 1 is 1.50 bits per heavy atom. The van der Waals surface area contributed by atoms with E-state index in [1.165, 1.54) is 26.1 Å². The second-order valence-electron chi connectivity index (χ2n) is 4.01. The van der Waals surface area contributed by atoms with Gasteiger partial charge in [0.25, 0.3) is 0 Å². The SMILES string of the molecule is CN(C)CC1CCN(CCN)C1. The van der Waals surface area contributed by atoms with Crippen molar-refractivity contribution in [3.63, 3.8) is 0 Å². The molecule has 12 heavy (non-hydrogen) atoms. The Bertz CT molecular complexity index is 125. The van der Waals surface area contributed by atoms with Gasteiger partial charge in [-0.25, -0.2) is 0 Å². The normalized spacial score (nSPS) is 25.5. The molecule has 0 spiro atoms. The van der Waals surface area contributed by atoms with Crippen LogP contribution in [0.25, 0.3) is 0 Å². The highest BCUT2D eigenvalue weighted by atomic mass is 15.2. The van der Waals surface area contributed by atoms with Gasteiger partial charge >= 0.3 is 0 Å². The van der Waals surface area contributed by atoms with Gasteiger partial charge in [-0.1, -0.05) is 0 Å². The van der Waals surface area contributed by atoms with Crippen LogP contribution in [-0.4, -0.2) is 56.6 Å². The fourth-order valence-corrected chi connectivity index (χ4v) is 1.96. The smallest absolute Gasteiger partial charge is 0.0105 e. The zero-order valence-electron chi connectivity index (χ0n) is 8.29. The lowest BCUT2D eigenvalue weighted by Gasteiger charge is -2.17. The van der Waals surface area contributed by atoms with Gasteiger partial charge in [0.2, 0.25) is 0 Å². The first-order valence-corrected chi connectivity index (χ1v) is 4.79. The summed E-state index contributed by atoms with van der Waals surface area (Å²) in [6.45, 7) is 5.59. The quantitative estimate of drug-likeness (QED) is 0.637. The van der Waals surface area contributed by atoms with Gasteiger partial charge in [-0.2, -0.15) is 0 Å². The van der Waals surface area contributed by atoms with Crippen molar-refractivity contribution < 1.29 is 0 Å². The van der Waals surface area contributed by atoms with E-state index in [1.807, 2.05) is 0 Å². The maximum atomic E-state index is 5.50. The Morgan fingerprint density at radius 3 is 2.83 bits per heavy atom. The maximum Gasteiger partial charge on any atom is 0.0105 e. The van der Waals surface area contributed by atoms with Crippen molar-refractivity contribution in [2.24, 2.45) is 11.7 Å². The summed E-state index contributed by atoms with van der Waals surface area (Å²) in [5.41, 5.74) is 5.50. The Kier molecular flexibility index (Phi) is 3.98. The number of likely N-dealkylation sites (tertiary alicyclic amines) is 1. The van der Waals surface area contributed by atoms with Crippen LogP contribution in [0.1, 0.15) is 6.42 Å². The van der Waals surface area contributed by atoms with Crippen LogP contribution in [0.3, 0.4) is 0 Å². The number of nitrogens with two attached hydrogens (primary N) is 1. The van der Waals surface area contributed by atoms with Crippen LogP contribution in [0.4, 0.5) is 0 Å². The molecule has 1 aliphatic rings. The second kappa shape index (κ2) is 4.80. The first-order valence-electron chi connectivity index (χ1n) is 4.79. The molecule has 1 atom stereocenters. The lowest BCUT2D eigenvalue weighted by Crippen LogP contribution is -2.29. The summed E-state index contributed by atoms with van der Waals surface area (Å²) in [4.78, 5) is 4.74. The molecule has 1 unspecified atom stereocenters. The highest BCUT2D eigenvalue weighted by Crippen LogP contribution is 2.15. The van der Waals surface area contributed by atoms with Crippen LogP contribution in [0, 0.1) is 5.92 Å². The number of hydrogen-bond acceptors (Lipinski definition) is 3. The van der Waals surface area contributed by atoms with E-state index < -0.39 is 0 Å². The Hall–Kier alpha value is -0.120. The van der Waals surface area contributed by atoms with Gasteiger partial charge in [-0.15, -0.1) is 0 Å². The van der Waals surface area contributed by atoms with Crippen LogP contribution < -0.4 is 5.73 Å². The van der Waals surface area contributed by atoms with Crippen molar-refractivity contribution in [1.29, 1.82) is 0 Å². The van der Waals surface area contributed by atoms with Gasteiger partial charge < -0.3 is 15.5 Å². The molecule has 0 saturated carbocycles. The summed E-state index contributed by atoms with van der Waals surface area (Å²) in [7, 11) is 4.29. The molecule has 2 N–H and O–H groups in total. The monoisotopic (exact) mass is 171 g/mol. The minimum absolute atomic E-state index is 0.800. The lowest BCUT2D eigenvalue weighted by atomic mass is 10.1. The number of hydrogen-bond donors (Lipinski definition) is 1. The van der Waals surface area contributed by atoms with Crippen molar-refractivity contribution in [3.8, 4) is 0 Å². The highest BCUT2D eigenvalue weighted by molar-refractivity contribution is 4.76. The largest absolute Gasteiger partial charge is 0.329 e. The van der Waals surface area contributed by atoms with Crippen LogP contribution in [0.5, 0.6) is 0 Å². The van der Waals surface area contributed by atoms with E-state index in [4.69, 9.17) is 5.73 Å². The van der Waals surface area contributed by atoms with Gasteiger partial charge in [0.15, 0.2) is 0 Å². The molecule has 0 bridgehead atoms. The summed E-state index contributed by atoms with van der Waals surface area (Å²) < 4.78 is 0. The first kappa shape index (κ1) is 9.96. The zero-order valence-corrected chi connectivity index (χ0v) is 8.29. The molecule has 0 aliphatic carbocycles. The molecule has 0 aromatic carbocycles. The molecule has 0 amide bonds. The van der Waals surface area contributed by atoms with E-state index in [2.05, 4.69) is 23.9 Å². The fraction of sp³-hybridized carbons (Fsp3) is 1.00. The summed E-state index contributed by atoms with van der Waals surface area (Å²) >= 11 is 0. The molecule has 0 aromatic heterocycles. The minimum Gasteiger partial charge on any atom is -0.329 e. The van der Waals surface area contributed by atoms with E-state index in [-0.39, 0.29) is 0 Å². The van der Waals surface area contributed by atoms with Crippen molar-refractivity contribution >= 4 is 0 Å². The van der Waals surface area contributed by atoms with E-state index in [0.29, 0.717) is 0 Å². The standard InChI is InChI=1S/C9H21N3/c1-11(2)7-9-3-5-12(8-9)6-4-10/h9H,3-8,10H2,1-2H3. The maximum absolute atomic E-state index is 5.50. The van der Waals surface area contributed by atoms with E-state index in [0.717, 1.165) is 19.0 Å². The van der Waals surface area contributed by atoms with Gasteiger partial charge in [0.1, 0.15) is 0 Å². The highest BCUT2D eigenvalue weighted by Gasteiger charge is 2.21. The van der Waals surface area contributed by atoms with Crippen molar-refractivity contribution in [2.45, 2.75) is 6.42 Å². The van der Waals surface area contributed by atoms with Crippen LogP contribution in [0.2, 0.25) is 0 Å². The van der Waals surface area contributed by atoms with Crippen LogP contribution in [0.15, 0.2) is 0 Å². The summed E-state index contributed by atoms with van der Waals surface area (Å²) in [6.07, 6.45) is 1.35. The number of nitrogens with zero attached hydrogens (tertiary/aromatic N) is 2. The van der Waals surface area contributed by atoms with E-state index >= 15 is 0 Å². The fourth-order valence-electron chi connectivity index (χ4n) is 1.96. The molecule has 1 aliphatic heterocycles. The molecule has 0 radical (unpaired) electrons. The van der Waals surface area contributed by atoms with Crippen molar-refractivity contribution in [1.82, 2.24) is 9.80 Å². The third-order valence-corrected chi connectivity index (χ3v) is 2.44. The summed E-state index contributed by atoms with van der Waals surface area (Å²) in [5, 5.41) is 0. The molecule has 1 heterocycles. The molecule has 3 heteroatoms. The van der Waals surface area contributed by atoms with Gasteiger partial charge in [-0.05, 0) is 33.0 Å². The molecule has 1 fully saturated rings. The third-order valence-electron chi connectivity index (χ3n) is 2.44. The molecule has 1 saturated heterocycles. The van der Waals surface area contributed by atoms with Gasteiger partial charge in [-0.3, -0.25) is 0 Å². The van der Waals surface area contributed by atoms with Gasteiger partial charge in [0, 0.05) is 26.2 Å². The Labute approximate surface area is 75.5 Å². The van der Waals surface area contributed by atoms with Gasteiger partial charge in [0.05, 0.1) is 0 Å². The topological polar surface area (TPSA) is 32.5 Å². The molecular formula is C9H21N3. The Morgan fingerprint density at radius 2 is 2.25 bits per heavy atom. The number of rotatable bonds is 4. The van der Waals surface area contributed by atoms with Crippen LogP contribution >= 0.6 is 0 Å². The molecular weight excluding hydrogens is 150 g/mol. The molecule has 3 nitrogen and oxygen atoms in total. The molecule has 1 rings (SSSR count). The lowest BCUT2D eigenvalue weighted by molar-refractivity contribution is 0.295. The average molecular weight is 171 g/mol. The first-order chi connectivity index (χ1) is 5.72. The average Bonchev–Trinajstić information content (AvgIpc) is 2.36. The van der Waals surface area contributed by atoms with Crippen LogP contribution in [-0.2, 0) is 0 Å². The molecule has 72 valence electrons. The predicted molar refractivity (Wildman–Crippen MR) is 52.2 cm³/mol. The van der Waals surface area contributed by atoms with Crippen molar-refractivity contribution in [2.75, 3.05) is 46.8 Å².